The number of piperidine rings is 1. The maximum absolute atomic E-state index is 12.8. The summed E-state index contributed by atoms with van der Waals surface area (Å²) in [6.07, 6.45) is 1.96. The van der Waals surface area contributed by atoms with Crippen molar-refractivity contribution in [3.63, 3.8) is 0 Å². The topological polar surface area (TPSA) is 101 Å². The van der Waals surface area contributed by atoms with Crippen molar-refractivity contribution in [3.8, 4) is 5.75 Å². The molecule has 0 radical (unpaired) electrons. The van der Waals surface area contributed by atoms with Gasteiger partial charge in [-0.25, -0.2) is 14.5 Å². The molecule has 160 valence electrons. The summed E-state index contributed by atoms with van der Waals surface area (Å²) in [5.74, 6) is 2.38. The number of rotatable bonds is 3. The molecule has 1 spiro atoms. The fourth-order valence-corrected chi connectivity index (χ4v) is 4.10. The van der Waals surface area contributed by atoms with Crippen molar-refractivity contribution in [1.29, 1.82) is 0 Å². The van der Waals surface area contributed by atoms with Crippen LogP contribution >= 0.6 is 0 Å². The number of anilines is 1. The molecule has 2 aliphatic rings. The predicted molar refractivity (Wildman–Crippen MR) is 112 cm³/mol. The molecule has 1 aromatic heterocycles. The standard InChI is InChI=1S/C21H28N6O3/c1-14(2)19-23-17-12-21(24-18(28)13-27(17)25-19)8-10-26(11-9-21)20(29)22-15-6-4-5-7-16(15)30-3/h4-7,14H,8-13H2,1-3H3,(H,22,29)(H,24,28). The minimum absolute atomic E-state index is 0.0547. The number of ether oxygens (including phenoxy) is 1. The van der Waals surface area contributed by atoms with Crippen molar-refractivity contribution in [2.24, 2.45) is 0 Å². The van der Waals surface area contributed by atoms with Gasteiger partial charge in [0.2, 0.25) is 5.91 Å². The summed E-state index contributed by atoms with van der Waals surface area (Å²) in [6, 6.07) is 7.17. The van der Waals surface area contributed by atoms with Crippen LogP contribution in [-0.4, -0.2) is 57.3 Å². The number of carbonyl (C=O) groups excluding carboxylic acids is 2. The van der Waals surface area contributed by atoms with Crippen molar-refractivity contribution < 1.29 is 14.3 Å². The van der Waals surface area contributed by atoms with E-state index >= 15 is 0 Å². The number of methoxy groups -OCH3 is 1. The largest absolute Gasteiger partial charge is 0.495 e. The van der Waals surface area contributed by atoms with E-state index in [1.165, 1.54) is 0 Å². The lowest BCUT2D eigenvalue weighted by Gasteiger charge is -2.41. The summed E-state index contributed by atoms with van der Waals surface area (Å²) < 4.78 is 7.03. The molecule has 1 fully saturated rings. The van der Waals surface area contributed by atoms with Crippen LogP contribution in [0.4, 0.5) is 10.5 Å². The summed E-state index contributed by atoms with van der Waals surface area (Å²) in [4.78, 5) is 31.7. The lowest BCUT2D eigenvalue weighted by molar-refractivity contribution is -0.123. The molecule has 9 nitrogen and oxygen atoms in total. The van der Waals surface area contributed by atoms with Crippen LogP contribution < -0.4 is 15.4 Å². The van der Waals surface area contributed by atoms with Gasteiger partial charge >= 0.3 is 6.03 Å². The average molecular weight is 412 g/mol. The molecule has 0 bridgehead atoms. The highest BCUT2D eigenvalue weighted by Gasteiger charge is 2.41. The number of benzene rings is 1. The molecule has 3 heterocycles. The molecule has 9 heteroatoms. The first-order valence-corrected chi connectivity index (χ1v) is 10.3. The van der Waals surface area contributed by atoms with Gasteiger partial charge in [0.15, 0.2) is 5.82 Å². The van der Waals surface area contributed by atoms with Crippen LogP contribution in [0.25, 0.3) is 0 Å². The number of aromatic nitrogens is 3. The highest BCUT2D eigenvalue weighted by atomic mass is 16.5. The molecule has 3 amide bonds. The van der Waals surface area contributed by atoms with E-state index in [0.29, 0.717) is 43.8 Å². The Hall–Kier alpha value is -3.10. The maximum Gasteiger partial charge on any atom is 0.321 e. The van der Waals surface area contributed by atoms with Crippen molar-refractivity contribution >= 4 is 17.6 Å². The number of amides is 3. The molecular formula is C21H28N6O3. The highest BCUT2D eigenvalue weighted by Crippen LogP contribution is 2.30. The van der Waals surface area contributed by atoms with Crippen LogP contribution in [0.5, 0.6) is 5.75 Å². The second-order valence-electron chi connectivity index (χ2n) is 8.32. The smallest absolute Gasteiger partial charge is 0.321 e. The molecule has 2 aliphatic heterocycles. The van der Waals surface area contributed by atoms with Gasteiger partial charge in [0.05, 0.1) is 18.3 Å². The third-order valence-electron chi connectivity index (χ3n) is 5.83. The van der Waals surface area contributed by atoms with Crippen LogP contribution in [0.15, 0.2) is 24.3 Å². The molecule has 2 aromatic rings. The number of carbonyl (C=O) groups is 2. The van der Waals surface area contributed by atoms with Crippen LogP contribution in [0.3, 0.4) is 0 Å². The summed E-state index contributed by atoms with van der Waals surface area (Å²) in [6.45, 7) is 5.38. The van der Waals surface area contributed by atoms with Gasteiger partial charge in [0.25, 0.3) is 0 Å². The van der Waals surface area contributed by atoms with Gasteiger partial charge in [-0.15, -0.1) is 0 Å². The first-order chi connectivity index (χ1) is 14.4. The third-order valence-corrected chi connectivity index (χ3v) is 5.83. The van der Waals surface area contributed by atoms with Gasteiger partial charge in [-0.2, -0.15) is 5.10 Å². The second-order valence-corrected chi connectivity index (χ2v) is 8.32. The van der Waals surface area contributed by atoms with Gasteiger partial charge in [-0.05, 0) is 25.0 Å². The minimum Gasteiger partial charge on any atom is -0.495 e. The van der Waals surface area contributed by atoms with Crippen LogP contribution in [-0.2, 0) is 17.8 Å². The summed E-state index contributed by atoms with van der Waals surface area (Å²) >= 11 is 0. The fourth-order valence-electron chi connectivity index (χ4n) is 4.10. The van der Waals surface area contributed by atoms with Gasteiger partial charge < -0.3 is 20.3 Å². The first-order valence-electron chi connectivity index (χ1n) is 10.3. The Balaban J connectivity index is 1.44. The van der Waals surface area contributed by atoms with Gasteiger partial charge in [0.1, 0.15) is 18.1 Å². The van der Waals surface area contributed by atoms with E-state index in [4.69, 9.17) is 4.74 Å². The lowest BCUT2D eigenvalue weighted by atomic mass is 9.84. The van der Waals surface area contributed by atoms with E-state index in [2.05, 4.69) is 20.7 Å². The van der Waals surface area contributed by atoms with E-state index in [1.54, 1.807) is 16.7 Å². The van der Waals surface area contributed by atoms with Crippen LogP contribution in [0.2, 0.25) is 0 Å². The SMILES string of the molecule is COc1ccccc1NC(=O)N1CCC2(CC1)Cc1nc(C(C)C)nn1CC(=O)N2. The zero-order valence-electron chi connectivity index (χ0n) is 17.6. The van der Waals surface area contributed by atoms with Crippen molar-refractivity contribution in [3.05, 3.63) is 35.9 Å². The zero-order valence-corrected chi connectivity index (χ0v) is 17.6. The van der Waals surface area contributed by atoms with E-state index in [1.807, 2.05) is 38.1 Å². The van der Waals surface area contributed by atoms with Gasteiger partial charge in [0, 0.05) is 25.4 Å². The number of likely N-dealkylation sites (tertiary alicyclic amines) is 1. The minimum atomic E-state index is -0.395. The quantitative estimate of drug-likeness (QED) is 0.804. The molecule has 30 heavy (non-hydrogen) atoms. The summed E-state index contributed by atoms with van der Waals surface area (Å²) in [5, 5.41) is 10.6. The number of hydrogen-bond acceptors (Lipinski definition) is 5. The summed E-state index contributed by atoms with van der Waals surface area (Å²) in [5.41, 5.74) is 0.246. The van der Waals surface area contributed by atoms with Crippen molar-refractivity contribution in [2.45, 2.75) is 51.1 Å². The molecule has 0 unspecified atom stereocenters. The molecule has 1 aromatic carbocycles. The first kappa shape index (κ1) is 20.2. The van der Waals surface area contributed by atoms with Crippen LogP contribution in [0.1, 0.15) is 44.3 Å². The molecule has 0 saturated carbocycles. The number of nitrogens with zero attached hydrogens (tertiary/aromatic N) is 4. The number of fused-ring (bicyclic) bond motifs is 1. The predicted octanol–water partition coefficient (Wildman–Crippen LogP) is 2.15. The normalized spacial score (nSPS) is 18.0. The monoisotopic (exact) mass is 412 g/mol. The molecule has 2 N–H and O–H groups in total. The highest BCUT2D eigenvalue weighted by molar-refractivity contribution is 5.91. The lowest BCUT2D eigenvalue weighted by Crippen LogP contribution is -2.57. The molecule has 4 rings (SSSR count). The van der Waals surface area contributed by atoms with E-state index in [0.717, 1.165) is 11.6 Å². The number of para-hydroxylation sites is 2. The van der Waals surface area contributed by atoms with Crippen LogP contribution in [0, 0.1) is 0 Å². The summed E-state index contributed by atoms with van der Waals surface area (Å²) in [7, 11) is 1.58. The molecular weight excluding hydrogens is 384 g/mol. The molecule has 1 saturated heterocycles. The van der Waals surface area contributed by atoms with Crippen molar-refractivity contribution in [2.75, 3.05) is 25.5 Å². The molecule has 0 aliphatic carbocycles. The second kappa shape index (κ2) is 7.97. The third kappa shape index (κ3) is 3.96. The molecule has 0 atom stereocenters. The Morgan fingerprint density at radius 3 is 2.70 bits per heavy atom. The fraction of sp³-hybridized carbons (Fsp3) is 0.524. The number of nitrogens with one attached hydrogen (secondary N) is 2. The van der Waals surface area contributed by atoms with E-state index < -0.39 is 5.54 Å². The van der Waals surface area contributed by atoms with Gasteiger partial charge in [-0.3, -0.25) is 4.79 Å². The maximum atomic E-state index is 12.8. The average Bonchev–Trinajstić information content (AvgIpc) is 3.05. The number of urea groups is 1. The van der Waals surface area contributed by atoms with Gasteiger partial charge in [-0.1, -0.05) is 26.0 Å². The Labute approximate surface area is 175 Å². The van der Waals surface area contributed by atoms with Crippen molar-refractivity contribution in [1.82, 2.24) is 25.0 Å². The Morgan fingerprint density at radius 2 is 2.00 bits per heavy atom. The Morgan fingerprint density at radius 1 is 1.27 bits per heavy atom. The Kier molecular flexibility index (Phi) is 5.36. The zero-order chi connectivity index (χ0) is 21.3. The van der Waals surface area contributed by atoms with E-state index in [-0.39, 0.29) is 24.4 Å². The van der Waals surface area contributed by atoms with E-state index in [9.17, 15) is 9.59 Å². The Bertz CT molecular complexity index is 946. The number of hydrogen-bond donors (Lipinski definition) is 2.